The fraction of sp³-hybridized carbons (Fsp3) is 0.148. The molecule has 208 valence electrons. The van der Waals surface area contributed by atoms with Gasteiger partial charge in [-0.1, -0.05) is 29.8 Å². The highest BCUT2D eigenvalue weighted by molar-refractivity contribution is 7.90. The van der Waals surface area contributed by atoms with Crippen molar-refractivity contribution < 1.29 is 26.7 Å². The zero-order chi connectivity index (χ0) is 29.2. The molecule has 0 radical (unpaired) electrons. The third kappa shape index (κ3) is 6.24. The van der Waals surface area contributed by atoms with E-state index in [1.54, 1.807) is 30.3 Å². The molecule has 2 aromatic heterocycles. The summed E-state index contributed by atoms with van der Waals surface area (Å²) in [4.78, 5) is 12.2. The monoisotopic (exact) mass is 589 g/mol. The molecule has 4 aromatic rings. The van der Waals surface area contributed by atoms with Crippen molar-refractivity contribution in [2.75, 3.05) is 6.26 Å². The summed E-state index contributed by atoms with van der Waals surface area (Å²) in [5.41, 5.74) is 7.29. The van der Waals surface area contributed by atoms with E-state index in [0.717, 1.165) is 12.5 Å². The number of aliphatic hydroxyl groups excluding tert-OH is 1. The van der Waals surface area contributed by atoms with Gasteiger partial charge in [-0.3, -0.25) is 0 Å². The predicted molar refractivity (Wildman–Crippen MR) is 147 cm³/mol. The van der Waals surface area contributed by atoms with E-state index in [1.165, 1.54) is 48.2 Å². The molecule has 8 nitrogen and oxygen atoms in total. The van der Waals surface area contributed by atoms with Gasteiger partial charge < -0.3 is 15.4 Å². The lowest BCUT2D eigenvalue weighted by molar-refractivity contribution is -0.141. The Morgan fingerprint density at radius 2 is 1.85 bits per heavy atom. The number of halogens is 4. The molecule has 40 heavy (non-hydrogen) atoms. The molecule has 0 amide bonds. The third-order valence-corrected chi connectivity index (χ3v) is 7.29. The first-order chi connectivity index (χ1) is 18.8. The zero-order valence-corrected chi connectivity index (χ0v) is 22.8. The number of benzene rings is 2. The second kappa shape index (κ2) is 11.2. The summed E-state index contributed by atoms with van der Waals surface area (Å²) in [7, 11) is -3.67. The molecule has 3 N–H and O–H groups in total. The largest absolute Gasteiger partial charge is 0.434 e. The van der Waals surface area contributed by atoms with Crippen molar-refractivity contribution >= 4 is 32.8 Å². The van der Waals surface area contributed by atoms with Gasteiger partial charge in [0.25, 0.3) is 0 Å². The van der Waals surface area contributed by atoms with Gasteiger partial charge in [-0.25, -0.2) is 23.4 Å². The van der Waals surface area contributed by atoms with Crippen molar-refractivity contribution in [3.8, 4) is 16.8 Å². The lowest BCUT2D eigenvalue weighted by Gasteiger charge is -2.16. The van der Waals surface area contributed by atoms with Gasteiger partial charge in [0.2, 0.25) is 0 Å². The van der Waals surface area contributed by atoms with E-state index in [0.29, 0.717) is 28.1 Å². The normalized spacial score (nSPS) is 12.8. The van der Waals surface area contributed by atoms with Crippen LogP contribution >= 0.6 is 11.6 Å². The number of nitrogens with two attached hydrogens (primary N) is 1. The van der Waals surface area contributed by atoms with Crippen LogP contribution in [0.3, 0.4) is 0 Å². The van der Waals surface area contributed by atoms with E-state index in [2.05, 4.69) is 15.0 Å². The molecular formula is C27H23ClF3N5O3S. The highest BCUT2D eigenvalue weighted by Crippen LogP contribution is 2.33. The lowest BCUT2D eigenvalue weighted by Crippen LogP contribution is -2.08. The molecule has 2 heterocycles. The van der Waals surface area contributed by atoms with Gasteiger partial charge in [-0.15, -0.1) is 0 Å². The number of alkyl halides is 3. The van der Waals surface area contributed by atoms with Crippen LogP contribution in [0.5, 0.6) is 0 Å². The molecular weight excluding hydrogens is 567 g/mol. The van der Waals surface area contributed by atoms with Gasteiger partial charge in [0, 0.05) is 18.0 Å². The summed E-state index contributed by atoms with van der Waals surface area (Å²) < 4.78 is 66.4. The van der Waals surface area contributed by atoms with Crippen LogP contribution < -0.4 is 5.73 Å². The Hall–Kier alpha value is -4.00. The number of nitrogens with zero attached hydrogens (tertiary/aromatic N) is 4. The number of sulfone groups is 1. The van der Waals surface area contributed by atoms with E-state index in [1.807, 2.05) is 0 Å². The molecule has 0 saturated heterocycles. The molecule has 0 aliphatic heterocycles. The fourth-order valence-electron chi connectivity index (χ4n) is 4.05. The maximum absolute atomic E-state index is 13.5. The van der Waals surface area contributed by atoms with Gasteiger partial charge in [0.1, 0.15) is 11.0 Å². The summed E-state index contributed by atoms with van der Waals surface area (Å²) in [5.74, 6) is 0.0808. The zero-order valence-electron chi connectivity index (χ0n) is 21.2. The van der Waals surface area contributed by atoms with Crippen LogP contribution in [0.4, 0.5) is 18.9 Å². The topological polar surface area (TPSA) is 123 Å². The van der Waals surface area contributed by atoms with E-state index in [9.17, 15) is 26.7 Å². The first kappa shape index (κ1) is 29.0. The van der Waals surface area contributed by atoms with E-state index in [-0.39, 0.29) is 27.1 Å². The Kier molecular flexibility index (Phi) is 8.15. The molecule has 4 rings (SSSR count). The first-order valence-corrected chi connectivity index (χ1v) is 13.9. The SMILES string of the molecule is Cc1nc(C(F)(F)F)cn1-c1ccc(-c2ccc(CO)c(S(C)(=O)=O)c2)cc1C(C=CN)=Nc1ccc(Cl)nc1. The maximum Gasteiger partial charge on any atom is 0.434 e. The molecule has 0 fully saturated rings. The Bertz CT molecular complexity index is 1730. The number of imidazole rings is 1. The molecule has 0 bridgehead atoms. The number of hydrogen-bond donors (Lipinski definition) is 2. The fourth-order valence-corrected chi connectivity index (χ4v) is 5.11. The van der Waals surface area contributed by atoms with Crippen molar-refractivity contribution in [1.82, 2.24) is 14.5 Å². The summed E-state index contributed by atoms with van der Waals surface area (Å²) in [6, 6.07) is 12.6. The van der Waals surface area contributed by atoms with E-state index >= 15 is 0 Å². The lowest BCUT2D eigenvalue weighted by atomic mass is 9.98. The highest BCUT2D eigenvalue weighted by Gasteiger charge is 2.34. The summed E-state index contributed by atoms with van der Waals surface area (Å²) in [5, 5.41) is 9.87. The number of hydrogen-bond acceptors (Lipinski definition) is 7. The average Bonchev–Trinajstić information content (AvgIpc) is 3.30. The maximum atomic E-state index is 13.5. The van der Waals surface area contributed by atoms with Crippen LogP contribution in [-0.4, -0.2) is 40.0 Å². The van der Waals surface area contributed by atoms with Gasteiger partial charge >= 0.3 is 6.18 Å². The standard InChI is InChI=1S/C27H23ClF3N5O3S/c1-16-34-25(27(29,30)31)14-36(16)23-7-5-17(18-3-4-19(15-37)24(12-18)40(2,38)39)11-21(23)22(9-10-32)35-20-6-8-26(28)33-13-20/h3-14,37H,15,32H2,1-2H3. The average molecular weight is 590 g/mol. The van der Waals surface area contributed by atoms with Crippen molar-refractivity contribution in [3.05, 3.63) is 101 Å². The first-order valence-electron chi connectivity index (χ1n) is 11.6. The van der Waals surface area contributed by atoms with Crippen LogP contribution in [0, 0.1) is 6.92 Å². The van der Waals surface area contributed by atoms with Crippen molar-refractivity contribution in [2.24, 2.45) is 10.7 Å². The molecule has 0 atom stereocenters. The predicted octanol–water partition coefficient (Wildman–Crippen LogP) is 5.40. The minimum absolute atomic E-state index is 0.0404. The molecule has 0 unspecified atom stereocenters. The van der Waals surface area contributed by atoms with Gasteiger partial charge in [0.15, 0.2) is 15.5 Å². The minimum atomic E-state index is -4.66. The molecule has 0 spiro atoms. The number of pyridine rings is 1. The number of rotatable bonds is 7. The Morgan fingerprint density at radius 3 is 2.42 bits per heavy atom. The molecule has 0 aliphatic rings. The molecule has 13 heteroatoms. The quantitative estimate of drug-likeness (QED) is 0.220. The summed E-state index contributed by atoms with van der Waals surface area (Å²) >= 11 is 5.89. The Labute approximate surface area is 233 Å². The molecule has 2 aromatic carbocycles. The number of aliphatic imine (C=N–C) groups is 1. The van der Waals surface area contributed by atoms with Gasteiger partial charge in [0.05, 0.1) is 34.8 Å². The van der Waals surface area contributed by atoms with Crippen molar-refractivity contribution in [3.63, 3.8) is 0 Å². The van der Waals surface area contributed by atoms with E-state index in [4.69, 9.17) is 17.3 Å². The van der Waals surface area contributed by atoms with Crippen molar-refractivity contribution in [2.45, 2.75) is 24.6 Å². The molecule has 0 saturated carbocycles. The number of aromatic nitrogens is 3. The third-order valence-electron chi connectivity index (χ3n) is 5.89. The summed E-state index contributed by atoms with van der Waals surface area (Å²) in [6.07, 6.45) is 1.40. The number of aliphatic hydroxyl groups is 1. The van der Waals surface area contributed by atoms with Crippen molar-refractivity contribution in [1.29, 1.82) is 0 Å². The number of allylic oxidation sites excluding steroid dienone is 1. The minimum Gasteiger partial charge on any atom is -0.405 e. The Balaban J connectivity index is 2.00. The number of aryl methyl sites for hydroxylation is 1. The van der Waals surface area contributed by atoms with Crippen LogP contribution in [0.1, 0.15) is 22.6 Å². The second-order valence-electron chi connectivity index (χ2n) is 8.72. The highest BCUT2D eigenvalue weighted by atomic mass is 35.5. The van der Waals surface area contributed by atoms with Crippen LogP contribution in [-0.2, 0) is 22.6 Å². The van der Waals surface area contributed by atoms with Crippen LogP contribution in [0.2, 0.25) is 5.15 Å². The van der Waals surface area contributed by atoms with Gasteiger partial charge in [-0.2, -0.15) is 13.2 Å². The summed E-state index contributed by atoms with van der Waals surface area (Å²) in [6.45, 7) is 0.971. The van der Waals surface area contributed by atoms with Gasteiger partial charge in [-0.05, 0) is 66.2 Å². The molecule has 0 aliphatic carbocycles. The van der Waals surface area contributed by atoms with Crippen LogP contribution in [0.15, 0.2) is 83.1 Å². The smallest absolute Gasteiger partial charge is 0.405 e. The van der Waals surface area contributed by atoms with E-state index < -0.39 is 28.3 Å². The van der Waals surface area contributed by atoms with Crippen LogP contribution in [0.25, 0.3) is 16.8 Å². The Morgan fingerprint density at radius 1 is 1.15 bits per heavy atom. The second-order valence-corrected chi connectivity index (χ2v) is 11.1.